The molecular weight excluding hydrogens is 358 g/mol. The molecule has 0 N–H and O–H groups in total. The van der Waals surface area contributed by atoms with Gasteiger partial charge in [0.15, 0.2) is 0 Å². The first-order valence-electron chi connectivity index (χ1n) is 9.28. The average Bonchev–Trinajstić information content (AvgIpc) is 3.19. The quantitative estimate of drug-likeness (QED) is 0.397. The van der Waals surface area contributed by atoms with Crippen LogP contribution in [0.25, 0.3) is 23.1 Å². The molecule has 0 aliphatic heterocycles. The van der Waals surface area contributed by atoms with Gasteiger partial charge in [-0.15, -0.1) is 0 Å². The normalized spacial score (nSPS) is 11.5. The summed E-state index contributed by atoms with van der Waals surface area (Å²) in [7, 11) is 0. The zero-order chi connectivity index (χ0) is 19.9. The largest absolute Gasteiger partial charge is 0.491 e. The lowest BCUT2D eigenvalue weighted by Gasteiger charge is -2.18. The molecule has 3 rings (SSSR count). The monoisotopic (exact) mass is 381 g/mol. The third kappa shape index (κ3) is 4.75. The second-order valence-electron chi connectivity index (χ2n) is 6.20. The summed E-state index contributed by atoms with van der Waals surface area (Å²) in [6, 6.07) is 12.6. The van der Waals surface area contributed by atoms with E-state index in [0.29, 0.717) is 18.1 Å². The molecule has 0 atom stereocenters. The maximum absolute atomic E-state index is 10.7. The standard InChI is InChI=1S/C21H23N3O4/c1-3-23(4-2)13-14-27-20-15-16(22-19-8-6-5-7-18(19)20)9-10-17-11-12-21(28-17)24(25)26/h5-12,15H,3-4,13-14H2,1-2H3/b10-9-. The lowest BCUT2D eigenvalue weighted by molar-refractivity contribution is -0.402. The summed E-state index contributed by atoms with van der Waals surface area (Å²) in [6.45, 7) is 7.68. The van der Waals surface area contributed by atoms with Crippen LogP contribution in [0.4, 0.5) is 5.88 Å². The van der Waals surface area contributed by atoms with Gasteiger partial charge in [-0.05, 0) is 43.4 Å². The fourth-order valence-electron chi connectivity index (χ4n) is 2.89. The van der Waals surface area contributed by atoms with Crippen molar-refractivity contribution < 1.29 is 14.1 Å². The van der Waals surface area contributed by atoms with Gasteiger partial charge in [0.2, 0.25) is 0 Å². The third-order valence-corrected chi connectivity index (χ3v) is 4.47. The van der Waals surface area contributed by atoms with E-state index in [-0.39, 0.29) is 5.88 Å². The number of hydrogen-bond acceptors (Lipinski definition) is 6. The summed E-state index contributed by atoms with van der Waals surface area (Å²) >= 11 is 0. The van der Waals surface area contributed by atoms with Crippen LogP contribution in [-0.2, 0) is 0 Å². The molecule has 3 aromatic rings. The molecule has 7 nitrogen and oxygen atoms in total. The second kappa shape index (κ2) is 9.14. The molecule has 0 radical (unpaired) electrons. The van der Waals surface area contributed by atoms with Gasteiger partial charge in [0.25, 0.3) is 0 Å². The summed E-state index contributed by atoms with van der Waals surface area (Å²) in [6.07, 6.45) is 3.41. The molecule has 0 aliphatic rings. The van der Waals surface area contributed by atoms with E-state index in [0.717, 1.165) is 36.3 Å². The van der Waals surface area contributed by atoms with E-state index < -0.39 is 4.92 Å². The average molecular weight is 381 g/mol. The highest BCUT2D eigenvalue weighted by Crippen LogP contribution is 2.26. The van der Waals surface area contributed by atoms with E-state index in [1.807, 2.05) is 30.3 Å². The number of benzene rings is 1. The zero-order valence-electron chi connectivity index (χ0n) is 16.0. The van der Waals surface area contributed by atoms with Crippen molar-refractivity contribution in [2.75, 3.05) is 26.2 Å². The molecule has 0 amide bonds. The Labute approximate surface area is 163 Å². The summed E-state index contributed by atoms with van der Waals surface area (Å²) in [4.78, 5) is 17.1. The molecule has 0 saturated carbocycles. The number of likely N-dealkylation sites (N-methyl/N-ethyl adjacent to an activating group) is 1. The van der Waals surface area contributed by atoms with Crippen LogP contribution in [-0.4, -0.2) is 41.0 Å². The van der Waals surface area contributed by atoms with E-state index in [1.165, 1.54) is 6.07 Å². The minimum Gasteiger partial charge on any atom is -0.491 e. The number of para-hydroxylation sites is 1. The SMILES string of the molecule is CCN(CC)CCOc1cc(/C=C\c2ccc([N+](=O)[O-])o2)nc2ccccc12. The molecule has 146 valence electrons. The maximum atomic E-state index is 10.7. The Hall–Kier alpha value is -3.19. The number of fused-ring (bicyclic) bond motifs is 1. The van der Waals surface area contributed by atoms with Crippen molar-refractivity contribution >= 4 is 28.9 Å². The number of nitro groups is 1. The Morgan fingerprint density at radius 1 is 1.18 bits per heavy atom. The van der Waals surface area contributed by atoms with Crippen LogP contribution in [0.2, 0.25) is 0 Å². The summed E-state index contributed by atoms with van der Waals surface area (Å²) in [5, 5.41) is 11.7. The number of ether oxygens (including phenoxy) is 1. The van der Waals surface area contributed by atoms with E-state index >= 15 is 0 Å². The Bertz CT molecular complexity index is 977. The predicted molar refractivity (Wildman–Crippen MR) is 109 cm³/mol. The second-order valence-corrected chi connectivity index (χ2v) is 6.20. The first-order valence-corrected chi connectivity index (χ1v) is 9.28. The lowest BCUT2D eigenvalue weighted by Crippen LogP contribution is -2.27. The highest BCUT2D eigenvalue weighted by Gasteiger charge is 2.10. The lowest BCUT2D eigenvalue weighted by atomic mass is 10.1. The smallest absolute Gasteiger partial charge is 0.433 e. The summed E-state index contributed by atoms with van der Waals surface area (Å²) in [5.74, 6) is 0.875. The Kier molecular flexibility index (Phi) is 6.39. The van der Waals surface area contributed by atoms with Gasteiger partial charge in [-0.25, -0.2) is 4.98 Å². The van der Waals surface area contributed by atoms with Gasteiger partial charge in [0.1, 0.15) is 23.0 Å². The van der Waals surface area contributed by atoms with E-state index in [9.17, 15) is 10.1 Å². The van der Waals surface area contributed by atoms with Gasteiger partial charge in [-0.3, -0.25) is 10.1 Å². The maximum Gasteiger partial charge on any atom is 0.433 e. The van der Waals surface area contributed by atoms with Crippen molar-refractivity contribution in [3.05, 3.63) is 64.0 Å². The van der Waals surface area contributed by atoms with Crippen LogP contribution in [0.5, 0.6) is 5.75 Å². The number of nitrogens with zero attached hydrogens (tertiary/aromatic N) is 3. The van der Waals surface area contributed by atoms with Crippen molar-refractivity contribution in [2.45, 2.75) is 13.8 Å². The van der Waals surface area contributed by atoms with Crippen LogP contribution >= 0.6 is 0 Å². The topological polar surface area (TPSA) is 81.6 Å². The highest BCUT2D eigenvalue weighted by molar-refractivity contribution is 5.86. The minimum atomic E-state index is -0.562. The molecule has 1 aromatic carbocycles. The van der Waals surface area contributed by atoms with Crippen molar-refractivity contribution in [2.24, 2.45) is 0 Å². The van der Waals surface area contributed by atoms with Gasteiger partial charge in [-0.2, -0.15) is 0 Å². The zero-order valence-corrected chi connectivity index (χ0v) is 16.0. The van der Waals surface area contributed by atoms with Crippen molar-refractivity contribution in [1.82, 2.24) is 9.88 Å². The molecule has 0 unspecified atom stereocenters. The molecule has 2 heterocycles. The van der Waals surface area contributed by atoms with Crippen LogP contribution in [0.1, 0.15) is 25.3 Å². The van der Waals surface area contributed by atoms with Gasteiger partial charge < -0.3 is 14.1 Å². The Balaban J connectivity index is 1.82. The van der Waals surface area contributed by atoms with Gasteiger partial charge >= 0.3 is 5.88 Å². The molecule has 28 heavy (non-hydrogen) atoms. The van der Waals surface area contributed by atoms with Crippen LogP contribution < -0.4 is 4.74 Å². The van der Waals surface area contributed by atoms with Gasteiger partial charge in [0, 0.05) is 18.0 Å². The first-order chi connectivity index (χ1) is 13.6. The molecule has 7 heteroatoms. The molecule has 0 saturated heterocycles. The number of aromatic nitrogens is 1. The van der Waals surface area contributed by atoms with Crippen LogP contribution in [0.3, 0.4) is 0 Å². The molecule has 0 bridgehead atoms. The third-order valence-electron chi connectivity index (χ3n) is 4.47. The van der Waals surface area contributed by atoms with Crippen LogP contribution in [0, 0.1) is 10.1 Å². The molecule has 2 aromatic heterocycles. The summed E-state index contributed by atoms with van der Waals surface area (Å²) < 4.78 is 11.2. The number of hydrogen-bond donors (Lipinski definition) is 0. The van der Waals surface area contributed by atoms with Gasteiger partial charge in [-0.1, -0.05) is 26.0 Å². The predicted octanol–water partition coefficient (Wildman–Crippen LogP) is 4.63. The Morgan fingerprint density at radius 3 is 2.68 bits per heavy atom. The van der Waals surface area contributed by atoms with Crippen molar-refractivity contribution in [3.8, 4) is 5.75 Å². The number of furan rings is 1. The number of rotatable bonds is 9. The minimum absolute atomic E-state index is 0.286. The fourth-order valence-corrected chi connectivity index (χ4v) is 2.89. The Morgan fingerprint density at radius 2 is 1.96 bits per heavy atom. The van der Waals surface area contributed by atoms with Crippen molar-refractivity contribution in [1.29, 1.82) is 0 Å². The number of pyridine rings is 1. The summed E-state index contributed by atoms with van der Waals surface area (Å²) in [5.41, 5.74) is 1.52. The fraction of sp³-hybridized carbons (Fsp3) is 0.286. The molecule has 0 spiro atoms. The van der Waals surface area contributed by atoms with Crippen LogP contribution in [0.15, 0.2) is 46.9 Å². The van der Waals surface area contributed by atoms with E-state index in [4.69, 9.17) is 9.15 Å². The van der Waals surface area contributed by atoms with E-state index in [2.05, 4.69) is 23.7 Å². The first kappa shape index (κ1) is 19.6. The molecule has 0 aliphatic carbocycles. The highest BCUT2D eigenvalue weighted by atomic mass is 16.6. The molecular formula is C21H23N3O4. The van der Waals surface area contributed by atoms with Crippen molar-refractivity contribution in [3.63, 3.8) is 0 Å². The van der Waals surface area contributed by atoms with E-state index in [1.54, 1.807) is 18.2 Å². The van der Waals surface area contributed by atoms with Gasteiger partial charge in [0.05, 0.1) is 17.3 Å². The molecule has 0 fully saturated rings.